The molecule has 1 aromatic rings. The van der Waals surface area contributed by atoms with Crippen LogP contribution in [0.15, 0.2) is 49.1 Å². The second-order valence-electron chi connectivity index (χ2n) is 4.09. The first-order valence-corrected chi connectivity index (χ1v) is 5.74. The summed E-state index contributed by atoms with van der Waals surface area (Å²) in [6.45, 7) is 7.26. The van der Waals surface area contributed by atoms with Crippen LogP contribution in [-0.2, 0) is 6.42 Å². The number of carbonyl (C=O) groups is 2. The van der Waals surface area contributed by atoms with Crippen molar-refractivity contribution < 1.29 is 9.59 Å². The van der Waals surface area contributed by atoms with E-state index in [2.05, 4.69) is 19.2 Å². The van der Waals surface area contributed by atoms with Gasteiger partial charge in [-0.1, -0.05) is 30.4 Å². The Kier molecular flexibility index (Phi) is 3.38. The Bertz CT molecular complexity index is 577. The van der Waals surface area contributed by atoms with Crippen molar-refractivity contribution in [2.75, 3.05) is 0 Å². The van der Waals surface area contributed by atoms with E-state index in [1.165, 1.54) is 0 Å². The third kappa shape index (κ3) is 1.97. The van der Waals surface area contributed by atoms with E-state index in [1.807, 2.05) is 6.07 Å². The van der Waals surface area contributed by atoms with Gasteiger partial charge in [-0.2, -0.15) is 0 Å². The summed E-state index contributed by atoms with van der Waals surface area (Å²) < 4.78 is 0. The maximum Gasteiger partial charge on any atom is 0.194 e. The molecule has 0 aromatic heterocycles. The summed E-state index contributed by atoms with van der Waals surface area (Å²) >= 11 is 0. The lowest BCUT2D eigenvalue weighted by molar-refractivity contribution is 0.0976. The molecule has 0 bridgehead atoms. The van der Waals surface area contributed by atoms with Crippen LogP contribution in [0.4, 0.5) is 0 Å². The molecule has 2 nitrogen and oxygen atoms in total. The molecule has 0 saturated heterocycles. The molecule has 89 valence electrons. The van der Waals surface area contributed by atoms with Crippen LogP contribution in [0.1, 0.15) is 32.7 Å². The molecule has 1 radical (unpaired) electrons. The van der Waals surface area contributed by atoms with E-state index in [-0.39, 0.29) is 11.6 Å². The third-order valence-corrected chi connectivity index (χ3v) is 2.87. The Balaban J connectivity index is 2.59. The molecule has 0 N–H and O–H groups in total. The first kappa shape index (κ1) is 12.2. The van der Waals surface area contributed by atoms with Crippen molar-refractivity contribution in [2.45, 2.75) is 12.8 Å². The van der Waals surface area contributed by atoms with Crippen LogP contribution in [0.25, 0.3) is 0 Å². The Morgan fingerprint density at radius 2 is 1.83 bits per heavy atom. The zero-order valence-electron chi connectivity index (χ0n) is 10.0. The van der Waals surface area contributed by atoms with Crippen molar-refractivity contribution in [2.24, 2.45) is 0 Å². The molecule has 1 aromatic carbocycles. The molecule has 0 unspecified atom stereocenters. The highest BCUT2D eigenvalue weighted by atomic mass is 16.1. The standard InChI is InChI=1S/C16H13O2/c1-3-6-11-8-5-9-13-14(17)10-12(7-4-2)16(18)15(11)13/h3-5,8-9H,1-2,6-7H2. The lowest BCUT2D eigenvalue weighted by Gasteiger charge is -2.16. The van der Waals surface area contributed by atoms with E-state index >= 15 is 0 Å². The van der Waals surface area contributed by atoms with Crippen molar-refractivity contribution in [1.29, 1.82) is 0 Å². The fraction of sp³-hybridized carbons (Fsp3) is 0.125. The topological polar surface area (TPSA) is 34.1 Å². The van der Waals surface area contributed by atoms with Crippen molar-refractivity contribution in [1.82, 2.24) is 0 Å². The van der Waals surface area contributed by atoms with Crippen LogP contribution < -0.4 is 0 Å². The van der Waals surface area contributed by atoms with E-state index in [0.717, 1.165) is 5.56 Å². The van der Waals surface area contributed by atoms with Crippen LogP contribution in [0.3, 0.4) is 0 Å². The minimum absolute atomic E-state index is 0.123. The molecule has 0 amide bonds. The van der Waals surface area contributed by atoms with Gasteiger partial charge in [-0.3, -0.25) is 9.59 Å². The molecule has 0 atom stereocenters. The lowest BCUT2D eigenvalue weighted by Crippen LogP contribution is -2.19. The maximum atomic E-state index is 12.3. The fourth-order valence-electron chi connectivity index (χ4n) is 2.08. The van der Waals surface area contributed by atoms with Crippen LogP contribution >= 0.6 is 0 Å². The monoisotopic (exact) mass is 237 g/mol. The molecule has 0 heterocycles. The van der Waals surface area contributed by atoms with E-state index in [0.29, 0.717) is 29.5 Å². The fourth-order valence-corrected chi connectivity index (χ4v) is 2.08. The van der Waals surface area contributed by atoms with Gasteiger partial charge >= 0.3 is 0 Å². The molecule has 18 heavy (non-hydrogen) atoms. The largest absolute Gasteiger partial charge is 0.289 e. The molecule has 1 aliphatic carbocycles. The SMILES string of the molecule is C=CCC1=[C]C(=O)c2cccc(CC=C)c2C1=O. The summed E-state index contributed by atoms with van der Waals surface area (Å²) in [4.78, 5) is 24.2. The molecule has 2 rings (SSSR count). The molecular formula is C16H13O2. The average molecular weight is 237 g/mol. The van der Waals surface area contributed by atoms with Crippen LogP contribution in [-0.4, -0.2) is 11.6 Å². The van der Waals surface area contributed by atoms with Gasteiger partial charge in [-0.15, -0.1) is 13.2 Å². The Morgan fingerprint density at radius 1 is 1.11 bits per heavy atom. The summed E-state index contributed by atoms with van der Waals surface area (Å²) in [5, 5.41) is 0. The molecule has 0 aliphatic heterocycles. The van der Waals surface area contributed by atoms with Gasteiger partial charge in [-0.05, 0) is 18.4 Å². The summed E-state index contributed by atoms with van der Waals surface area (Å²) in [6, 6.07) is 5.30. The van der Waals surface area contributed by atoms with Gasteiger partial charge in [0.25, 0.3) is 0 Å². The molecule has 0 spiro atoms. The summed E-state index contributed by atoms with van der Waals surface area (Å²) in [7, 11) is 0. The van der Waals surface area contributed by atoms with Gasteiger partial charge in [-0.25, -0.2) is 0 Å². The predicted octanol–water partition coefficient (Wildman–Crippen LogP) is 3.10. The van der Waals surface area contributed by atoms with Gasteiger partial charge < -0.3 is 0 Å². The number of allylic oxidation sites excluding steroid dienone is 4. The minimum Gasteiger partial charge on any atom is -0.289 e. The average Bonchev–Trinajstić information content (AvgIpc) is 2.36. The Hall–Kier alpha value is -2.22. The first-order chi connectivity index (χ1) is 8.69. The van der Waals surface area contributed by atoms with Crippen LogP contribution in [0, 0.1) is 6.08 Å². The highest BCUT2D eigenvalue weighted by Gasteiger charge is 2.27. The quantitative estimate of drug-likeness (QED) is 0.754. The van der Waals surface area contributed by atoms with Gasteiger partial charge in [0.05, 0.1) is 0 Å². The lowest BCUT2D eigenvalue weighted by atomic mass is 9.84. The van der Waals surface area contributed by atoms with Gasteiger partial charge in [0, 0.05) is 22.8 Å². The first-order valence-electron chi connectivity index (χ1n) is 5.74. The number of ketones is 2. The number of hydrogen-bond donors (Lipinski definition) is 0. The number of Topliss-reactive ketones (excluding diaryl/α,β-unsaturated/α-hetero) is 2. The van der Waals surface area contributed by atoms with Crippen molar-refractivity contribution in [3.63, 3.8) is 0 Å². The molecule has 1 aliphatic rings. The second-order valence-corrected chi connectivity index (χ2v) is 4.09. The van der Waals surface area contributed by atoms with E-state index in [4.69, 9.17) is 0 Å². The molecule has 2 heteroatoms. The number of rotatable bonds is 4. The van der Waals surface area contributed by atoms with E-state index < -0.39 is 0 Å². The van der Waals surface area contributed by atoms with E-state index in [9.17, 15) is 9.59 Å². The molecule has 0 fully saturated rings. The van der Waals surface area contributed by atoms with Gasteiger partial charge in [0.15, 0.2) is 11.6 Å². The van der Waals surface area contributed by atoms with Crippen LogP contribution in [0.5, 0.6) is 0 Å². The predicted molar refractivity (Wildman–Crippen MR) is 70.6 cm³/mol. The van der Waals surface area contributed by atoms with Crippen LogP contribution in [0.2, 0.25) is 0 Å². The van der Waals surface area contributed by atoms with Gasteiger partial charge in [0.2, 0.25) is 0 Å². The van der Waals surface area contributed by atoms with Crippen molar-refractivity contribution in [3.8, 4) is 0 Å². The highest BCUT2D eigenvalue weighted by Crippen LogP contribution is 2.26. The summed E-state index contributed by atoms with van der Waals surface area (Å²) in [5.74, 6) is -0.352. The highest BCUT2D eigenvalue weighted by molar-refractivity contribution is 6.23. The normalized spacial score (nSPS) is 13.9. The minimum atomic E-state index is -0.229. The Labute approximate surface area is 106 Å². The number of benzene rings is 1. The Morgan fingerprint density at radius 3 is 2.50 bits per heavy atom. The van der Waals surface area contributed by atoms with E-state index in [1.54, 1.807) is 24.3 Å². The van der Waals surface area contributed by atoms with Gasteiger partial charge in [0.1, 0.15) is 0 Å². The number of fused-ring (bicyclic) bond motifs is 1. The van der Waals surface area contributed by atoms with Crippen molar-refractivity contribution in [3.05, 3.63) is 71.8 Å². The van der Waals surface area contributed by atoms with Crippen molar-refractivity contribution >= 4 is 11.6 Å². The maximum absolute atomic E-state index is 12.3. The second kappa shape index (κ2) is 4.96. The summed E-state index contributed by atoms with van der Waals surface area (Å²) in [5.41, 5.74) is 2.16. The number of hydrogen-bond acceptors (Lipinski definition) is 2. The summed E-state index contributed by atoms with van der Waals surface area (Å²) in [6.07, 6.45) is 6.89. The molecular weight excluding hydrogens is 224 g/mol. The molecule has 0 saturated carbocycles. The zero-order chi connectivity index (χ0) is 13.1. The smallest absolute Gasteiger partial charge is 0.194 e. The third-order valence-electron chi connectivity index (χ3n) is 2.87. The number of carbonyl (C=O) groups excluding carboxylic acids is 2. The zero-order valence-corrected chi connectivity index (χ0v) is 10.0.